The molecule has 0 aliphatic carbocycles. The van der Waals surface area contributed by atoms with Gasteiger partial charge in [-0.3, -0.25) is 9.59 Å². The molecule has 0 fully saturated rings. The van der Waals surface area contributed by atoms with E-state index in [4.69, 9.17) is 9.47 Å². The van der Waals surface area contributed by atoms with E-state index in [-0.39, 0.29) is 19.1 Å². The van der Waals surface area contributed by atoms with Gasteiger partial charge in [-0.05, 0) is 32.0 Å². The first-order valence-corrected chi connectivity index (χ1v) is 7.81. The Kier molecular flexibility index (Phi) is 6.37. The van der Waals surface area contributed by atoms with Crippen LogP contribution in [0.2, 0.25) is 0 Å². The zero-order chi connectivity index (χ0) is 17.4. The zero-order valence-electron chi connectivity index (χ0n) is 13.9. The lowest BCUT2D eigenvalue weighted by Crippen LogP contribution is -2.30. The Hall–Kier alpha value is -2.82. The molecule has 126 valence electrons. The first-order chi connectivity index (χ1) is 11.6. The number of hydrogen-bond acceptors (Lipinski definition) is 4. The summed E-state index contributed by atoms with van der Waals surface area (Å²) in [4.78, 5) is 23.8. The van der Waals surface area contributed by atoms with E-state index in [0.717, 1.165) is 11.1 Å². The summed E-state index contributed by atoms with van der Waals surface area (Å²) < 4.78 is 10.7. The minimum atomic E-state index is -0.498. The van der Waals surface area contributed by atoms with Crippen LogP contribution in [0.1, 0.15) is 28.4 Å². The topological polar surface area (TPSA) is 64.6 Å². The Bertz CT molecular complexity index is 712. The molecule has 24 heavy (non-hydrogen) atoms. The van der Waals surface area contributed by atoms with Crippen molar-refractivity contribution < 1.29 is 19.1 Å². The number of carbonyl (C=O) groups excluding carboxylic acids is 2. The van der Waals surface area contributed by atoms with Crippen molar-refractivity contribution in [2.75, 3.05) is 13.2 Å². The van der Waals surface area contributed by atoms with Crippen molar-refractivity contribution in [3.63, 3.8) is 0 Å². The van der Waals surface area contributed by atoms with Gasteiger partial charge in [-0.25, -0.2) is 0 Å². The summed E-state index contributed by atoms with van der Waals surface area (Å²) >= 11 is 0. The highest BCUT2D eigenvalue weighted by Crippen LogP contribution is 2.18. The van der Waals surface area contributed by atoms with Gasteiger partial charge in [-0.2, -0.15) is 0 Å². The van der Waals surface area contributed by atoms with Crippen LogP contribution in [0.3, 0.4) is 0 Å². The molecule has 1 amide bonds. The maximum Gasteiger partial charge on any atom is 0.325 e. The van der Waals surface area contributed by atoms with Gasteiger partial charge in [0.1, 0.15) is 18.9 Å². The number of rotatable bonds is 7. The lowest BCUT2D eigenvalue weighted by Gasteiger charge is -2.11. The molecule has 0 atom stereocenters. The van der Waals surface area contributed by atoms with Crippen molar-refractivity contribution >= 4 is 11.9 Å². The fourth-order valence-electron chi connectivity index (χ4n) is 2.17. The fourth-order valence-corrected chi connectivity index (χ4v) is 2.17. The summed E-state index contributed by atoms with van der Waals surface area (Å²) in [5, 5.41) is 2.56. The Morgan fingerprint density at radius 1 is 1.08 bits per heavy atom. The molecule has 0 radical (unpaired) electrons. The summed E-state index contributed by atoms with van der Waals surface area (Å²) in [6.07, 6.45) is 0. The van der Waals surface area contributed by atoms with Crippen molar-refractivity contribution in [3.8, 4) is 5.75 Å². The first-order valence-electron chi connectivity index (χ1n) is 7.81. The maximum atomic E-state index is 12.0. The van der Waals surface area contributed by atoms with Crippen LogP contribution in [0.25, 0.3) is 0 Å². The highest BCUT2D eigenvalue weighted by molar-refractivity contribution is 5.96. The molecule has 0 saturated carbocycles. The van der Waals surface area contributed by atoms with Crippen LogP contribution in [-0.4, -0.2) is 25.0 Å². The van der Waals surface area contributed by atoms with Gasteiger partial charge in [0.2, 0.25) is 0 Å². The van der Waals surface area contributed by atoms with E-state index in [0.29, 0.717) is 17.9 Å². The molecule has 0 aliphatic heterocycles. The van der Waals surface area contributed by atoms with Gasteiger partial charge in [-0.1, -0.05) is 35.9 Å². The van der Waals surface area contributed by atoms with Gasteiger partial charge in [0.15, 0.2) is 0 Å². The number of carbonyl (C=O) groups is 2. The average molecular weight is 327 g/mol. The molecule has 5 nitrogen and oxygen atoms in total. The Morgan fingerprint density at radius 2 is 1.88 bits per heavy atom. The minimum Gasteiger partial charge on any atom is -0.493 e. The predicted molar refractivity (Wildman–Crippen MR) is 90.9 cm³/mol. The number of nitrogens with one attached hydrogen (secondary N) is 1. The van der Waals surface area contributed by atoms with Crippen LogP contribution in [0.5, 0.6) is 5.75 Å². The molecule has 0 spiro atoms. The molecule has 0 bridgehead atoms. The summed E-state index contributed by atoms with van der Waals surface area (Å²) in [6.45, 7) is 4.26. The molecule has 0 aliphatic rings. The Labute approximate surface area is 141 Å². The smallest absolute Gasteiger partial charge is 0.325 e. The van der Waals surface area contributed by atoms with Crippen molar-refractivity contribution in [1.29, 1.82) is 0 Å². The number of aryl methyl sites for hydroxylation is 1. The lowest BCUT2D eigenvalue weighted by atomic mass is 10.1. The summed E-state index contributed by atoms with van der Waals surface area (Å²) in [6, 6.07) is 14.5. The highest BCUT2D eigenvalue weighted by atomic mass is 16.5. The number of para-hydroxylation sites is 1. The largest absolute Gasteiger partial charge is 0.493 e. The van der Waals surface area contributed by atoms with Crippen molar-refractivity contribution in [3.05, 3.63) is 65.2 Å². The van der Waals surface area contributed by atoms with E-state index in [9.17, 15) is 9.59 Å². The molecular weight excluding hydrogens is 306 g/mol. The zero-order valence-corrected chi connectivity index (χ0v) is 13.9. The van der Waals surface area contributed by atoms with Crippen LogP contribution < -0.4 is 10.1 Å². The fraction of sp³-hybridized carbons (Fsp3) is 0.263. The molecule has 0 saturated heterocycles. The number of benzene rings is 2. The molecule has 2 aromatic rings. The number of ether oxygens (including phenoxy) is 2. The lowest BCUT2D eigenvalue weighted by molar-refractivity contribution is -0.143. The predicted octanol–water partition coefficient (Wildman–Crippen LogP) is 2.87. The molecule has 5 heteroatoms. The molecule has 0 heterocycles. The SMILES string of the molecule is CCOc1ccccc1COC(=O)CNC(=O)c1cccc(C)c1. The van der Waals surface area contributed by atoms with Crippen LogP contribution in [-0.2, 0) is 16.1 Å². The molecule has 0 aromatic heterocycles. The van der Waals surface area contributed by atoms with E-state index in [2.05, 4.69) is 5.32 Å². The van der Waals surface area contributed by atoms with Crippen molar-refractivity contribution in [1.82, 2.24) is 5.32 Å². The second kappa shape index (κ2) is 8.72. The standard InChI is InChI=1S/C19H21NO4/c1-3-23-17-10-5-4-8-16(17)13-24-18(21)12-20-19(22)15-9-6-7-14(2)11-15/h4-11H,3,12-13H2,1-2H3,(H,20,22). The van der Waals surface area contributed by atoms with E-state index < -0.39 is 5.97 Å². The summed E-state index contributed by atoms with van der Waals surface area (Å²) in [5.74, 6) is -0.107. The average Bonchev–Trinajstić information content (AvgIpc) is 2.59. The molecule has 2 rings (SSSR count). The van der Waals surface area contributed by atoms with E-state index >= 15 is 0 Å². The number of hydrogen-bond donors (Lipinski definition) is 1. The van der Waals surface area contributed by atoms with Gasteiger partial charge >= 0.3 is 5.97 Å². The molecule has 0 unspecified atom stereocenters. The third-order valence-electron chi connectivity index (χ3n) is 3.33. The second-order valence-electron chi connectivity index (χ2n) is 5.25. The molecular formula is C19H21NO4. The van der Waals surface area contributed by atoms with Crippen LogP contribution in [0, 0.1) is 6.92 Å². The normalized spacial score (nSPS) is 10.1. The number of esters is 1. The van der Waals surface area contributed by atoms with E-state index in [1.807, 2.05) is 44.2 Å². The summed E-state index contributed by atoms with van der Waals surface area (Å²) in [5.41, 5.74) is 2.29. The van der Waals surface area contributed by atoms with E-state index in [1.54, 1.807) is 18.2 Å². The second-order valence-corrected chi connectivity index (χ2v) is 5.25. The summed E-state index contributed by atoms with van der Waals surface area (Å²) in [7, 11) is 0. The van der Waals surface area contributed by atoms with Crippen LogP contribution in [0.15, 0.2) is 48.5 Å². The number of amides is 1. The van der Waals surface area contributed by atoms with Crippen LogP contribution >= 0.6 is 0 Å². The van der Waals surface area contributed by atoms with Gasteiger partial charge < -0.3 is 14.8 Å². The maximum absolute atomic E-state index is 12.0. The molecule has 1 N–H and O–H groups in total. The Morgan fingerprint density at radius 3 is 2.62 bits per heavy atom. The van der Waals surface area contributed by atoms with Crippen LogP contribution in [0.4, 0.5) is 0 Å². The van der Waals surface area contributed by atoms with E-state index in [1.165, 1.54) is 0 Å². The third kappa shape index (κ3) is 5.12. The Balaban J connectivity index is 1.83. The minimum absolute atomic E-state index is 0.106. The third-order valence-corrected chi connectivity index (χ3v) is 3.33. The van der Waals surface area contributed by atoms with Crippen molar-refractivity contribution in [2.24, 2.45) is 0 Å². The quantitative estimate of drug-likeness (QED) is 0.794. The monoisotopic (exact) mass is 327 g/mol. The highest BCUT2D eigenvalue weighted by Gasteiger charge is 2.10. The van der Waals surface area contributed by atoms with Crippen molar-refractivity contribution in [2.45, 2.75) is 20.5 Å². The van der Waals surface area contributed by atoms with Gasteiger partial charge in [-0.15, -0.1) is 0 Å². The van der Waals surface area contributed by atoms with Gasteiger partial charge in [0.25, 0.3) is 5.91 Å². The van der Waals surface area contributed by atoms with Gasteiger partial charge in [0.05, 0.1) is 6.61 Å². The van der Waals surface area contributed by atoms with Gasteiger partial charge in [0, 0.05) is 11.1 Å². The first kappa shape index (κ1) is 17.5. The molecule has 2 aromatic carbocycles.